The number of ether oxygens (including phenoxy) is 2. The number of rotatable bonds is 2. The van der Waals surface area contributed by atoms with Crippen LogP contribution in [0.1, 0.15) is 12.5 Å². The zero-order valence-corrected chi connectivity index (χ0v) is 26.3. The lowest BCUT2D eigenvalue weighted by Gasteiger charge is -2.31. The first kappa shape index (κ1) is 31.9. The fraction of sp³-hybridized carbons (Fsp3) is 0.500. The molecule has 4 aromatic heterocycles. The van der Waals surface area contributed by atoms with Gasteiger partial charge in [-0.1, -0.05) is 0 Å². The molecule has 10 atom stereocenters. The zero-order chi connectivity index (χ0) is 32.7. The minimum Gasteiger partial charge on any atom is -0.386 e. The molecule has 3 saturated heterocycles. The van der Waals surface area contributed by atoms with Crippen LogP contribution in [0.15, 0.2) is 22.2 Å². The van der Waals surface area contributed by atoms with Crippen LogP contribution < -0.4 is 22.6 Å². The molecule has 0 amide bonds. The molecule has 3 aliphatic heterocycles. The first-order valence-corrected chi connectivity index (χ1v) is 18.5. The molecular weight excluding hydrogens is 693 g/mol. The summed E-state index contributed by atoms with van der Waals surface area (Å²) >= 11 is 10.7. The molecule has 3 fully saturated rings. The maximum absolute atomic E-state index is 12.3. The smallest absolute Gasteiger partial charge is 0.325 e. The van der Waals surface area contributed by atoms with Gasteiger partial charge in [-0.3, -0.25) is 33.2 Å². The van der Waals surface area contributed by atoms with E-state index in [2.05, 4.69) is 29.9 Å². The number of H-pyrrole nitrogens is 2. The van der Waals surface area contributed by atoms with Crippen molar-refractivity contribution >= 4 is 78.5 Å². The molecule has 0 aliphatic carbocycles. The number of anilines is 2. The average molecular weight is 716 g/mol. The van der Waals surface area contributed by atoms with Crippen molar-refractivity contribution in [2.24, 2.45) is 0 Å². The van der Waals surface area contributed by atoms with E-state index in [-0.39, 0.29) is 34.2 Å². The Hall–Kier alpha value is -2.70. The number of nitrogens with zero attached hydrogens (tertiary/aromatic N) is 6. The number of hydrogen-bond acceptors (Lipinski definition) is 18. The predicted molar refractivity (Wildman–Crippen MR) is 163 cm³/mol. The first-order chi connectivity index (χ1) is 21.7. The Labute approximate surface area is 266 Å². The molecule has 26 heteroatoms. The van der Waals surface area contributed by atoms with E-state index in [0.717, 1.165) is 0 Å². The number of aliphatic hydroxyl groups excluding tert-OH is 2. The van der Waals surface area contributed by atoms with Gasteiger partial charge in [0.2, 0.25) is 11.9 Å². The molecule has 9 N–H and O–H groups in total. The minimum absolute atomic E-state index is 0.00262. The van der Waals surface area contributed by atoms with E-state index < -0.39 is 86.5 Å². The number of aromatic nitrogens is 8. The van der Waals surface area contributed by atoms with Crippen LogP contribution in [0.3, 0.4) is 0 Å². The van der Waals surface area contributed by atoms with Crippen LogP contribution in [0.5, 0.6) is 0 Å². The number of nitrogens with two attached hydrogens (primary N) is 2. The van der Waals surface area contributed by atoms with Crippen molar-refractivity contribution in [1.29, 1.82) is 0 Å². The van der Waals surface area contributed by atoms with Crippen molar-refractivity contribution in [3.63, 3.8) is 0 Å². The molecule has 0 saturated carbocycles. The van der Waals surface area contributed by atoms with Crippen LogP contribution in [0, 0.1) is 0 Å². The first-order valence-electron chi connectivity index (χ1n) is 13.2. The largest absolute Gasteiger partial charge is 0.386 e. The minimum atomic E-state index is -4.18. The van der Waals surface area contributed by atoms with Crippen molar-refractivity contribution in [3.05, 3.63) is 33.4 Å². The van der Waals surface area contributed by atoms with E-state index in [9.17, 15) is 24.7 Å². The Morgan fingerprint density at radius 2 is 1.30 bits per heavy atom. The molecule has 7 rings (SSSR count). The van der Waals surface area contributed by atoms with Gasteiger partial charge in [-0.2, -0.15) is 9.97 Å². The molecule has 2 radical (unpaired) electrons. The predicted octanol–water partition coefficient (Wildman–Crippen LogP) is -2.64. The number of imidazole rings is 2. The summed E-state index contributed by atoms with van der Waals surface area (Å²) in [7, 11) is 6.26. The van der Waals surface area contributed by atoms with Gasteiger partial charge < -0.3 is 49.6 Å². The Morgan fingerprint density at radius 3 is 1.80 bits per heavy atom. The lowest BCUT2D eigenvalue weighted by atomic mass is 10.1. The van der Waals surface area contributed by atoms with E-state index in [1.54, 1.807) is 0 Å². The maximum atomic E-state index is 12.3. The fourth-order valence-corrected chi connectivity index (χ4v) is 8.36. The van der Waals surface area contributed by atoms with Gasteiger partial charge in [0, 0.05) is 0 Å². The third-order valence-electron chi connectivity index (χ3n) is 7.41. The normalized spacial score (nSPS) is 37.1. The van der Waals surface area contributed by atoms with Crippen LogP contribution in [-0.4, -0.2) is 112 Å². The van der Waals surface area contributed by atoms with Crippen LogP contribution in [0.2, 0.25) is 0 Å². The molecule has 21 nitrogen and oxygen atoms in total. The summed E-state index contributed by atoms with van der Waals surface area (Å²) in [5.74, 6) is -0.403. The number of aliphatic hydroxyl groups is 2. The van der Waals surface area contributed by atoms with Crippen molar-refractivity contribution in [2.75, 3.05) is 24.7 Å². The molecule has 3 aliphatic rings. The standard InChI is InChI=1S/C20H23BN10O11P2S2/c21-43(45)37-1-5-12(10(33)18(39-5)31-4-25-8-14(31)27-20(23)29-16(8)35)42-44(36,46)38-2-6-11(41-43)9(32)17(40-6)30-3-24-7-13(30)26-19(22)28-15(7)34/h3-6,9-12,17-18,32-33H,1-2H2,(H,36,46)(H3,22,26,28,34)(H3,23,27,29,35)/t5-,6+,9+,10-,11+,12-,17+,18-,43?,44?/m1/s1. The second kappa shape index (κ2) is 11.5. The second-order valence-electron chi connectivity index (χ2n) is 10.4. The molecular formula is C20H23BN10O11P2S2. The van der Waals surface area contributed by atoms with E-state index >= 15 is 0 Å². The summed E-state index contributed by atoms with van der Waals surface area (Å²) in [6, 6.07) is 0. The molecule has 0 aromatic carbocycles. The molecule has 0 spiro atoms. The Kier molecular flexibility index (Phi) is 7.95. The number of fused-ring (bicyclic) bond motifs is 4. The Bertz CT molecular complexity index is 1920. The van der Waals surface area contributed by atoms with Gasteiger partial charge in [-0.25, -0.2) is 9.97 Å². The zero-order valence-electron chi connectivity index (χ0n) is 22.9. The summed E-state index contributed by atoms with van der Waals surface area (Å²) in [5, 5.41) is 22.6. The van der Waals surface area contributed by atoms with E-state index in [0.29, 0.717) is 0 Å². The number of nitrogens with one attached hydrogen (secondary N) is 2. The SMILES string of the molecule is [B]P1(=S)OC[C@H]2O[C@@H](n3cnc4c(=O)[nH]c(N)nc43)[C@H](O)[C@@H]2OP(O)(=S)OC[C@@H]2O[C@H](n3cnc4c(=O)[nH]c(N)nc43)[C@@H](O)[C@H]2O1. The Morgan fingerprint density at radius 1 is 0.848 bits per heavy atom. The summed E-state index contributed by atoms with van der Waals surface area (Å²) in [6.45, 7) is -5.14. The molecule has 0 bridgehead atoms. The van der Waals surface area contributed by atoms with Crippen LogP contribution >= 0.6 is 13.1 Å². The highest BCUT2D eigenvalue weighted by atomic mass is 32.5. The van der Waals surface area contributed by atoms with Crippen LogP contribution in [0.4, 0.5) is 11.9 Å². The fourth-order valence-electron chi connectivity index (χ4n) is 5.42. The van der Waals surface area contributed by atoms with Crippen LogP contribution in [-0.2, 0) is 51.2 Å². The number of aromatic amines is 2. The van der Waals surface area contributed by atoms with Gasteiger partial charge in [-0.15, -0.1) is 0 Å². The molecule has 2 unspecified atom stereocenters. The molecule has 46 heavy (non-hydrogen) atoms. The van der Waals surface area contributed by atoms with Crippen molar-refractivity contribution in [1.82, 2.24) is 39.0 Å². The summed E-state index contributed by atoms with van der Waals surface area (Å²) < 4.78 is 37.5. The van der Waals surface area contributed by atoms with Gasteiger partial charge in [0.1, 0.15) is 43.0 Å². The molecule has 4 aromatic rings. The lowest BCUT2D eigenvalue weighted by Crippen LogP contribution is -2.39. The highest BCUT2D eigenvalue weighted by Crippen LogP contribution is 2.53. The van der Waals surface area contributed by atoms with Crippen molar-refractivity contribution < 1.29 is 42.7 Å². The number of nitrogen functional groups attached to an aromatic ring is 2. The van der Waals surface area contributed by atoms with Gasteiger partial charge in [-0.05, 0) is 23.6 Å². The van der Waals surface area contributed by atoms with Crippen molar-refractivity contribution in [2.45, 2.75) is 49.1 Å². The second-order valence-corrected chi connectivity index (χ2v) is 16.3. The van der Waals surface area contributed by atoms with Gasteiger partial charge >= 0.3 is 6.72 Å². The van der Waals surface area contributed by atoms with Crippen molar-refractivity contribution in [3.8, 4) is 0 Å². The summed E-state index contributed by atoms with van der Waals surface area (Å²) in [4.78, 5) is 56.4. The third-order valence-corrected chi connectivity index (χ3v) is 10.6. The van der Waals surface area contributed by atoms with E-state index in [1.807, 2.05) is 0 Å². The highest BCUT2D eigenvalue weighted by molar-refractivity contribution is 8.21. The average Bonchev–Trinajstić information content (AvgIpc) is 3.72. The number of hydrogen-bond donors (Lipinski definition) is 7. The Balaban J connectivity index is 1.18. The topological polar surface area (TPSA) is 295 Å². The van der Waals surface area contributed by atoms with E-state index in [1.165, 1.54) is 21.8 Å². The third kappa shape index (κ3) is 5.62. The maximum Gasteiger partial charge on any atom is 0.325 e. The van der Waals surface area contributed by atoms with Gasteiger partial charge in [0.15, 0.2) is 42.3 Å². The molecule has 244 valence electrons. The summed E-state index contributed by atoms with van der Waals surface area (Å²) in [5.41, 5.74) is 10.0. The monoisotopic (exact) mass is 716 g/mol. The summed E-state index contributed by atoms with van der Waals surface area (Å²) in [6.07, 6.45) is -11.9. The van der Waals surface area contributed by atoms with Gasteiger partial charge in [0.25, 0.3) is 11.1 Å². The molecule has 7 heterocycles. The van der Waals surface area contributed by atoms with Crippen LogP contribution in [0.25, 0.3) is 22.3 Å². The van der Waals surface area contributed by atoms with Gasteiger partial charge in [0.05, 0.1) is 25.9 Å². The highest BCUT2D eigenvalue weighted by Gasteiger charge is 2.52. The lowest BCUT2D eigenvalue weighted by molar-refractivity contribution is -0.0562. The van der Waals surface area contributed by atoms with E-state index in [4.69, 9.17) is 70.2 Å². The quantitative estimate of drug-likeness (QED) is 0.0824.